The molecule has 0 radical (unpaired) electrons. The highest BCUT2D eigenvalue weighted by atomic mass is 16.5. The minimum Gasteiger partial charge on any atom is -0.481 e. The number of hydrogen-bond donors (Lipinski definition) is 4. The fourth-order valence-electron chi connectivity index (χ4n) is 2.13. The van der Waals surface area contributed by atoms with E-state index in [4.69, 9.17) is 15.6 Å². The molecule has 4 atom stereocenters. The summed E-state index contributed by atoms with van der Waals surface area (Å²) < 4.78 is 6.49. The molecule has 0 bridgehead atoms. The van der Waals surface area contributed by atoms with Crippen LogP contribution < -0.4 is 11.4 Å². The van der Waals surface area contributed by atoms with Crippen LogP contribution in [-0.4, -0.2) is 49.2 Å². The number of rotatable bonds is 4. The Bertz CT molecular complexity index is 559. The maximum atomic E-state index is 11.6. The molecule has 2 heterocycles. The zero-order valence-electron chi connectivity index (χ0n) is 10.4. The third-order valence-electron chi connectivity index (χ3n) is 3.06. The first-order valence-corrected chi connectivity index (χ1v) is 5.96. The summed E-state index contributed by atoms with van der Waals surface area (Å²) in [5, 5.41) is 28.1. The number of carbonyl (C=O) groups is 1. The predicted octanol–water partition coefficient (Wildman–Crippen LogP) is -1.69. The zero-order chi connectivity index (χ0) is 14.9. The largest absolute Gasteiger partial charge is 0.481 e. The fourth-order valence-corrected chi connectivity index (χ4v) is 2.13. The van der Waals surface area contributed by atoms with Gasteiger partial charge in [0.1, 0.15) is 18.1 Å². The highest BCUT2D eigenvalue weighted by Crippen LogP contribution is 2.30. The van der Waals surface area contributed by atoms with Gasteiger partial charge in [0.05, 0.1) is 18.6 Å². The highest BCUT2D eigenvalue weighted by Gasteiger charge is 2.40. The van der Waals surface area contributed by atoms with E-state index in [0.717, 1.165) is 4.57 Å². The summed E-state index contributed by atoms with van der Waals surface area (Å²) in [6, 6.07) is 1.40. The second kappa shape index (κ2) is 5.57. The van der Waals surface area contributed by atoms with Crippen LogP contribution in [0.5, 0.6) is 0 Å². The Morgan fingerprint density at radius 3 is 2.95 bits per heavy atom. The van der Waals surface area contributed by atoms with Crippen molar-refractivity contribution in [3.8, 4) is 0 Å². The van der Waals surface area contributed by atoms with Crippen LogP contribution in [0.2, 0.25) is 0 Å². The third-order valence-corrected chi connectivity index (χ3v) is 3.06. The molecule has 0 spiro atoms. The molecule has 1 aliphatic heterocycles. The summed E-state index contributed by atoms with van der Waals surface area (Å²) in [5.74, 6) is -1.14. The first kappa shape index (κ1) is 14.4. The van der Waals surface area contributed by atoms with Crippen molar-refractivity contribution in [1.29, 1.82) is 0 Å². The average Bonchev–Trinajstić information content (AvgIpc) is 2.70. The van der Waals surface area contributed by atoms with Gasteiger partial charge in [0.2, 0.25) is 0 Å². The van der Waals surface area contributed by atoms with E-state index in [1.807, 2.05) is 0 Å². The monoisotopic (exact) mass is 285 g/mol. The molecule has 9 nitrogen and oxygen atoms in total. The van der Waals surface area contributed by atoms with Gasteiger partial charge in [-0.2, -0.15) is 4.98 Å². The molecule has 0 aromatic carbocycles. The van der Waals surface area contributed by atoms with Crippen molar-refractivity contribution in [3.05, 3.63) is 22.7 Å². The number of aliphatic hydroxyl groups is 2. The van der Waals surface area contributed by atoms with Crippen LogP contribution in [-0.2, 0) is 9.53 Å². The number of aliphatic hydroxyl groups excluding tert-OH is 2. The number of nitrogens with two attached hydrogens (primary N) is 1. The summed E-state index contributed by atoms with van der Waals surface area (Å²) >= 11 is 0. The Labute approximate surface area is 113 Å². The summed E-state index contributed by atoms with van der Waals surface area (Å²) in [6.45, 7) is 0. The molecule has 1 saturated heterocycles. The van der Waals surface area contributed by atoms with E-state index in [9.17, 15) is 19.8 Å². The van der Waals surface area contributed by atoms with Crippen LogP contribution in [0.4, 0.5) is 5.82 Å². The smallest absolute Gasteiger partial charge is 0.351 e. The maximum Gasteiger partial charge on any atom is 0.351 e. The van der Waals surface area contributed by atoms with Crippen LogP contribution >= 0.6 is 0 Å². The minimum atomic E-state index is -1.36. The van der Waals surface area contributed by atoms with Gasteiger partial charge in [-0.15, -0.1) is 0 Å². The lowest BCUT2D eigenvalue weighted by molar-refractivity contribution is -0.144. The van der Waals surface area contributed by atoms with E-state index in [1.165, 1.54) is 12.3 Å². The maximum absolute atomic E-state index is 11.6. The zero-order valence-corrected chi connectivity index (χ0v) is 10.4. The van der Waals surface area contributed by atoms with Gasteiger partial charge in [-0.05, 0) is 6.07 Å². The average molecular weight is 285 g/mol. The molecule has 110 valence electrons. The van der Waals surface area contributed by atoms with Crippen LogP contribution in [0.25, 0.3) is 0 Å². The van der Waals surface area contributed by atoms with E-state index >= 15 is 0 Å². The molecule has 1 unspecified atom stereocenters. The number of anilines is 1. The second-order valence-corrected chi connectivity index (χ2v) is 4.57. The molecule has 1 aromatic heterocycles. The number of carboxylic acids is 1. The van der Waals surface area contributed by atoms with Crippen molar-refractivity contribution in [2.75, 3.05) is 5.73 Å². The molecule has 1 aromatic rings. The number of nitrogens with zero attached hydrogens (tertiary/aromatic N) is 2. The van der Waals surface area contributed by atoms with Crippen LogP contribution in [0.1, 0.15) is 19.1 Å². The van der Waals surface area contributed by atoms with Gasteiger partial charge < -0.3 is 25.8 Å². The lowest BCUT2D eigenvalue weighted by Gasteiger charge is -2.20. The van der Waals surface area contributed by atoms with Crippen LogP contribution in [0.15, 0.2) is 17.1 Å². The quantitative estimate of drug-likeness (QED) is 0.512. The Hall–Kier alpha value is -1.97. The molecule has 20 heavy (non-hydrogen) atoms. The molecule has 2 rings (SSSR count). The Morgan fingerprint density at radius 2 is 2.35 bits per heavy atom. The Balaban J connectivity index is 2.14. The molecular formula is C11H15N3O6. The molecule has 0 aliphatic carbocycles. The molecule has 5 N–H and O–H groups in total. The molecule has 0 amide bonds. The van der Waals surface area contributed by atoms with Crippen LogP contribution in [0.3, 0.4) is 0 Å². The third kappa shape index (κ3) is 2.95. The number of carboxylic acid groups (broad SMARTS) is 1. The van der Waals surface area contributed by atoms with Crippen molar-refractivity contribution in [3.63, 3.8) is 0 Å². The summed E-state index contributed by atoms with van der Waals surface area (Å²) in [4.78, 5) is 25.7. The lowest BCUT2D eigenvalue weighted by Crippen LogP contribution is -2.36. The molecule has 1 aliphatic rings. The van der Waals surface area contributed by atoms with Crippen LogP contribution in [0, 0.1) is 0 Å². The summed E-state index contributed by atoms with van der Waals surface area (Å²) in [5.41, 5.74) is 4.72. The van der Waals surface area contributed by atoms with Crippen molar-refractivity contribution in [1.82, 2.24) is 9.55 Å². The number of nitrogen functional groups attached to an aromatic ring is 1. The number of aromatic nitrogens is 2. The summed E-state index contributed by atoms with van der Waals surface area (Å²) in [7, 11) is 0. The minimum absolute atomic E-state index is 0.0485. The first-order chi connectivity index (χ1) is 9.38. The van der Waals surface area contributed by atoms with E-state index in [0.29, 0.717) is 0 Å². The van der Waals surface area contributed by atoms with Gasteiger partial charge >= 0.3 is 11.7 Å². The normalized spacial score (nSPS) is 27.4. The van der Waals surface area contributed by atoms with E-state index in [2.05, 4.69) is 4.98 Å². The lowest BCUT2D eigenvalue weighted by atomic mass is 10.1. The van der Waals surface area contributed by atoms with E-state index in [1.54, 1.807) is 0 Å². The number of ether oxygens (including phenoxy) is 1. The van der Waals surface area contributed by atoms with Crippen molar-refractivity contribution >= 4 is 11.8 Å². The molecule has 9 heteroatoms. The first-order valence-electron chi connectivity index (χ1n) is 5.96. The SMILES string of the molecule is Nc1ccn([C@H]2C[C@H](O)[C@@H](C(O)CC(=O)O)O2)c(=O)n1. The Kier molecular flexibility index (Phi) is 4.02. The standard InChI is InChI=1S/C11H15N3O6/c12-7-1-2-14(11(19)13-7)8-3-5(15)10(20-8)6(16)4-9(17)18/h1-2,5-6,8,10,15-16H,3-4H2,(H,17,18)(H2,12,13,19)/t5-,6?,8+,10-/m0/s1. The molecule has 0 saturated carbocycles. The summed E-state index contributed by atoms with van der Waals surface area (Å²) in [6.07, 6.45) is -3.45. The molecule has 1 fully saturated rings. The van der Waals surface area contributed by atoms with Gasteiger partial charge in [-0.1, -0.05) is 0 Å². The topological polar surface area (TPSA) is 148 Å². The second-order valence-electron chi connectivity index (χ2n) is 4.57. The number of hydrogen-bond acceptors (Lipinski definition) is 7. The van der Waals surface area contributed by atoms with Crippen molar-refractivity contribution in [2.24, 2.45) is 0 Å². The van der Waals surface area contributed by atoms with E-state index < -0.39 is 42.6 Å². The van der Waals surface area contributed by atoms with Gasteiger partial charge in [0, 0.05) is 12.6 Å². The van der Waals surface area contributed by atoms with E-state index in [-0.39, 0.29) is 12.2 Å². The van der Waals surface area contributed by atoms with Gasteiger partial charge in [0.25, 0.3) is 0 Å². The predicted molar refractivity (Wildman–Crippen MR) is 65.7 cm³/mol. The Morgan fingerprint density at radius 1 is 1.65 bits per heavy atom. The van der Waals surface area contributed by atoms with Gasteiger partial charge in [-0.3, -0.25) is 9.36 Å². The van der Waals surface area contributed by atoms with Crippen molar-refractivity contribution < 1.29 is 24.9 Å². The van der Waals surface area contributed by atoms with Crippen molar-refractivity contribution in [2.45, 2.75) is 37.4 Å². The highest BCUT2D eigenvalue weighted by molar-refractivity contribution is 5.67. The fraction of sp³-hybridized carbons (Fsp3) is 0.545. The van der Waals surface area contributed by atoms with Gasteiger partial charge in [0.15, 0.2) is 0 Å². The molecular weight excluding hydrogens is 270 g/mol. The number of aliphatic carboxylic acids is 1. The van der Waals surface area contributed by atoms with Gasteiger partial charge in [-0.25, -0.2) is 4.79 Å².